The van der Waals surface area contributed by atoms with E-state index in [2.05, 4.69) is 15.6 Å². The topological polar surface area (TPSA) is 100 Å². The Kier molecular flexibility index (Phi) is 6.81. The van der Waals surface area contributed by atoms with Gasteiger partial charge in [0.25, 0.3) is 0 Å². The van der Waals surface area contributed by atoms with Crippen LogP contribution >= 0.6 is 0 Å². The van der Waals surface area contributed by atoms with E-state index in [0.717, 1.165) is 35.7 Å². The number of likely N-dealkylation sites (N-methyl/N-ethyl adjacent to an activating group) is 1. The van der Waals surface area contributed by atoms with Crippen molar-refractivity contribution in [1.82, 2.24) is 15.6 Å². The fourth-order valence-corrected chi connectivity index (χ4v) is 2.78. The summed E-state index contributed by atoms with van der Waals surface area (Å²) >= 11 is 0. The minimum Gasteiger partial charge on any atom is -0.361 e. The molecule has 130 valence electrons. The third-order valence-electron chi connectivity index (χ3n) is 4.11. The van der Waals surface area contributed by atoms with Gasteiger partial charge in [-0.15, -0.1) is 0 Å². The van der Waals surface area contributed by atoms with Gasteiger partial charge in [0.05, 0.1) is 0 Å². The first-order valence-electron chi connectivity index (χ1n) is 8.41. The summed E-state index contributed by atoms with van der Waals surface area (Å²) in [6.45, 7) is 0.642. The fraction of sp³-hybridized carbons (Fsp3) is 0.444. The summed E-state index contributed by atoms with van der Waals surface area (Å²) in [5, 5.41) is 6.55. The molecule has 0 saturated heterocycles. The van der Waals surface area contributed by atoms with Crippen LogP contribution in [0.2, 0.25) is 0 Å². The molecule has 1 aromatic carbocycles. The Hall–Kier alpha value is -2.34. The average Bonchev–Trinajstić information content (AvgIpc) is 3.00. The molecule has 0 aliphatic carbocycles. The summed E-state index contributed by atoms with van der Waals surface area (Å²) in [7, 11) is 1.58. The number of hydrogen-bond acceptors (Lipinski definition) is 3. The van der Waals surface area contributed by atoms with Gasteiger partial charge in [0.1, 0.15) is 6.04 Å². The number of unbranched alkanes of at least 4 members (excludes halogenated alkanes) is 2. The molecular formula is C18H26N4O2. The fourth-order valence-electron chi connectivity index (χ4n) is 2.78. The second kappa shape index (κ2) is 9.08. The first kappa shape index (κ1) is 18.0. The van der Waals surface area contributed by atoms with Gasteiger partial charge in [0.15, 0.2) is 0 Å². The molecule has 2 rings (SSSR count). The molecule has 0 aliphatic heterocycles. The Labute approximate surface area is 142 Å². The van der Waals surface area contributed by atoms with E-state index in [1.54, 1.807) is 7.05 Å². The van der Waals surface area contributed by atoms with E-state index in [1.807, 2.05) is 30.5 Å². The lowest BCUT2D eigenvalue weighted by atomic mass is 10.0. The summed E-state index contributed by atoms with van der Waals surface area (Å²) in [6, 6.07) is 7.35. The van der Waals surface area contributed by atoms with Crippen LogP contribution in [-0.2, 0) is 16.0 Å². The van der Waals surface area contributed by atoms with Crippen LogP contribution in [0.4, 0.5) is 0 Å². The molecule has 1 atom stereocenters. The van der Waals surface area contributed by atoms with Crippen molar-refractivity contribution in [3.63, 3.8) is 0 Å². The highest BCUT2D eigenvalue weighted by Gasteiger charge is 2.21. The quantitative estimate of drug-likeness (QED) is 0.524. The highest BCUT2D eigenvalue weighted by molar-refractivity contribution is 5.89. The molecule has 24 heavy (non-hydrogen) atoms. The summed E-state index contributed by atoms with van der Waals surface area (Å²) < 4.78 is 0. The van der Waals surface area contributed by atoms with Gasteiger partial charge in [0.2, 0.25) is 11.8 Å². The first-order valence-corrected chi connectivity index (χ1v) is 8.41. The molecule has 1 unspecified atom stereocenters. The standard InChI is InChI=1S/C18H26N4O2/c1-20-18(24)16(22-17(23)9-3-2-6-10-19)11-13-12-21-15-8-5-4-7-14(13)15/h4-5,7-8,12,16,21H,2-3,6,9-11,19H2,1H3,(H,20,24)(H,22,23). The van der Waals surface area contributed by atoms with Crippen molar-refractivity contribution >= 4 is 22.7 Å². The number of carbonyl (C=O) groups excluding carboxylic acids is 2. The normalized spacial score (nSPS) is 12.1. The van der Waals surface area contributed by atoms with E-state index in [-0.39, 0.29) is 11.8 Å². The summed E-state index contributed by atoms with van der Waals surface area (Å²) in [5.41, 5.74) is 7.49. The number of H-pyrrole nitrogens is 1. The Morgan fingerprint density at radius 1 is 1.21 bits per heavy atom. The molecule has 0 bridgehead atoms. The van der Waals surface area contributed by atoms with Gasteiger partial charge >= 0.3 is 0 Å². The van der Waals surface area contributed by atoms with Crippen molar-refractivity contribution in [2.75, 3.05) is 13.6 Å². The number of hydrogen-bond donors (Lipinski definition) is 4. The molecule has 1 heterocycles. The molecule has 0 radical (unpaired) electrons. The molecule has 0 spiro atoms. The van der Waals surface area contributed by atoms with E-state index in [4.69, 9.17) is 5.73 Å². The Morgan fingerprint density at radius 2 is 2.00 bits per heavy atom. The lowest BCUT2D eigenvalue weighted by molar-refractivity contribution is -0.128. The van der Waals surface area contributed by atoms with Crippen molar-refractivity contribution < 1.29 is 9.59 Å². The predicted octanol–water partition coefficient (Wildman–Crippen LogP) is 1.46. The summed E-state index contributed by atoms with van der Waals surface area (Å²) in [4.78, 5) is 27.4. The second-order valence-electron chi connectivity index (χ2n) is 5.90. The number of amides is 2. The number of nitrogens with one attached hydrogen (secondary N) is 3. The lowest BCUT2D eigenvalue weighted by Gasteiger charge is -2.17. The molecule has 0 saturated carbocycles. The van der Waals surface area contributed by atoms with Crippen molar-refractivity contribution in [1.29, 1.82) is 0 Å². The van der Waals surface area contributed by atoms with E-state index < -0.39 is 6.04 Å². The second-order valence-corrected chi connectivity index (χ2v) is 5.90. The smallest absolute Gasteiger partial charge is 0.242 e. The van der Waals surface area contributed by atoms with Crippen LogP contribution in [0.5, 0.6) is 0 Å². The Bertz CT molecular complexity index is 680. The van der Waals surface area contributed by atoms with Crippen LogP contribution in [0, 0.1) is 0 Å². The number of nitrogens with two attached hydrogens (primary N) is 1. The van der Waals surface area contributed by atoms with Crippen LogP contribution in [0.15, 0.2) is 30.5 Å². The average molecular weight is 330 g/mol. The van der Waals surface area contributed by atoms with Gasteiger partial charge in [-0.2, -0.15) is 0 Å². The third-order valence-corrected chi connectivity index (χ3v) is 4.11. The van der Waals surface area contributed by atoms with Gasteiger partial charge in [0, 0.05) is 37.0 Å². The van der Waals surface area contributed by atoms with Crippen LogP contribution in [0.25, 0.3) is 10.9 Å². The maximum atomic E-state index is 12.1. The molecule has 6 nitrogen and oxygen atoms in total. The largest absolute Gasteiger partial charge is 0.361 e. The molecule has 0 aliphatic rings. The molecule has 1 aromatic heterocycles. The van der Waals surface area contributed by atoms with Crippen molar-refractivity contribution in [2.24, 2.45) is 5.73 Å². The van der Waals surface area contributed by atoms with Crippen molar-refractivity contribution in [2.45, 2.75) is 38.1 Å². The summed E-state index contributed by atoms with van der Waals surface area (Å²) in [6.07, 6.45) is 5.41. The molecule has 5 N–H and O–H groups in total. The molecule has 0 fully saturated rings. The van der Waals surface area contributed by atoms with Crippen LogP contribution < -0.4 is 16.4 Å². The van der Waals surface area contributed by atoms with Gasteiger partial charge < -0.3 is 21.4 Å². The van der Waals surface area contributed by atoms with E-state index in [9.17, 15) is 9.59 Å². The van der Waals surface area contributed by atoms with Crippen molar-refractivity contribution in [3.8, 4) is 0 Å². The Morgan fingerprint density at radius 3 is 2.75 bits per heavy atom. The highest BCUT2D eigenvalue weighted by Crippen LogP contribution is 2.19. The summed E-state index contributed by atoms with van der Waals surface area (Å²) in [5.74, 6) is -0.281. The molecular weight excluding hydrogens is 304 g/mol. The minimum atomic E-state index is -0.573. The molecule has 2 aromatic rings. The SMILES string of the molecule is CNC(=O)C(Cc1c[nH]c2ccccc12)NC(=O)CCCCCN. The molecule has 6 heteroatoms. The zero-order valence-electron chi connectivity index (χ0n) is 14.1. The van der Waals surface area contributed by atoms with E-state index in [0.29, 0.717) is 19.4 Å². The van der Waals surface area contributed by atoms with Gasteiger partial charge in [-0.3, -0.25) is 9.59 Å². The predicted molar refractivity (Wildman–Crippen MR) is 95.5 cm³/mol. The van der Waals surface area contributed by atoms with Crippen LogP contribution in [-0.4, -0.2) is 36.4 Å². The van der Waals surface area contributed by atoms with Crippen LogP contribution in [0.1, 0.15) is 31.2 Å². The monoisotopic (exact) mass is 330 g/mol. The zero-order valence-corrected chi connectivity index (χ0v) is 14.1. The zero-order chi connectivity index (χ0) is 17.4. The van der Waals surface area contributed by atoms with E-state index in [1.165, 1.54) is 0 Å². The third kappa shape index (κ3) is 4.83. The van der Waals surface area contributed by atoms with E-state index >= 15 is 0 Å². The number of rotatable bonds is 9. The highest BCUT2D eigenvalue weighted by atomic mass is 16.2. The maximum Gasteiger partial charge on any atom is 0.242 e. The van der Waals surface area contributed by atoms with Crippen molar-refractivity contribution in [3.05, 3.63) is 36.0 Å². The number of para-hydroxylation sites is 1. The number of carbonyl (C=O) groups is 2. The lowest BCUT2D eigenvalue weighted by Crippen LogP contribution is -2.47. The first-order chi connectivity index (χ1) is 11.7. The van der Waals surface area contributed by atoms with Gasteiger partial charge in [-0.05, 0) is 31.0 Å². The minimum absolute atomic E-state index is 0.0968. The number of fused-ring (bicyclic) bond motifs is 1. The Balaban J connectivity index is 2.00. The number of aromatic amines is 1. The van der Waals surface area contributed by atoms with Gasteiger partial charge in [-0.25, -0.2) is 0 Å². The van der Waals surface area contributed by atoms with Gasteiger partial charge in [-0.1, -0.05) is 24.6 Å². The molecule has 2 amide bonds. The number of benzene rings is 1. The maximum absolute atomic E-state index is 12.1. The van der Waals surface area contributed by atoms with Crippen LogP contribution in [0.3, 0.4) is 0 Å². The number of aromatic nitrogens is 1.